The minimum atomic E-state index is -0.0909. The molecule has 3 heteroatoms. The largest absolute Gasteiger partial charge is 0.330 e. The van der Waals surface area contributed by atoms with Crippen molar-refractivity contribution in [2.75, 3.05) is 5.32 Å². The lowest BCUT2D eigenvalue weighted by Gasteiger charge is -2.00. The van der Waals surface area contributed by atoms with Crippen molar-refractivity contribution < 1.29 is 4.79 Å². The van der Waals surface area contributed by atoms with Gasteiger partial charge in [-0.15, -0.1) is 0 Å². The Morgan fingerprint density at radius 2 is 1.62 bits per heavy atom. The molecule has 0 atom stereocenters. The summed E-state index contributed by atoms with van der Waals surface area (Å²) in [5.74, 6) is 6.21. The molecule has 24 heavy (non-hydrogen) atoms. The molecule has 114 valence electrons. The van der Waals surface area contributed by atoms with Gasteiger partial charge >= 0.3 is 0 Å². The molecule has 0 unspecified atom stereocenters. The van der Waals surface area contributed by atoms with Crippen molar-refractivity contribution in [1.29, 1.82) is 0 Å². The summed E-state index contributed by atoms with van der Waals surface area (Å²) < 4.78 is 1.87. The fraction of sp³-hybridized carbons (Fsp3) is 0. The van der Waals surface area contributed by atoms with Crippen LogP contribution >= 0.6 is 0 Å². The molecular formula is C21H14N2O. The Balaban J connectivity index is 1.72. The summed E-state index contributed by atoms with van der Waals surface area (Å²) in [5.41, 5.74) is 4.20. The molecule has 3 aromatic rings. The van der Waals surface area contributed by atoms with Crippen LogP contribution in [0.3, 0.4) is 0 Å². The molecule has 1 aromatic heterocycles. The van der Waals surface area contributed by atoms with Crippen molar-refractivity contribution in [3.63, 3.8) is 0 Å². The van der Waals surface area contributed by atoms with Gasteiger partial charge in [0, 0.05) is 41.0 Å². The zero-order chi connectivity index (χ0) is 16.4. The number of amides is 1. The molecule has 1 aliphatic heterocycles. The Kier molecular flexibility index (Phi) is 3.49. The number of nitrogens with one attached hydrogen (secondary N) is 1. The summed E-state index contributed by atoms with van der Waals surface area (Å²) in [4.78, 5) is 12.2. The summed E-state index contributed by atoms with van der Waals surface area (Å²) in [6.45, 7) is 0. The van der Waals surface area contributed by atoms with Crippen molar-refractivity contribution in [3.05, 3.63) is 89.7 Å². The molecule has 0 fully saturated rings. The topological polar surface area (TPSA) is 34.0 Å². The number of carbonyl (C=O) groups excluding carboxylic acids is 1. The monoisotopic (exact) mass is 310 g/mol. The van der Waals surface area contributed by atoms with Crippen LogP contribution in [-0.4, -0.2) is 10.5 Å². The molecule has 1 amide bonds. The van der Waals surface area contributed by atoms with E-state index in [2.05, 4.69) is 17.2 Å². The lowest BCUT2D eigenvalue weighted by molar-refractivity contribution is -0.110. The Labute approximate surface area is 140 Å². The van der Waals surface area contributed by atoms with Crippen LogP contribution in [0, 0.1) is 11.8 Å². The van der Waals surface area contributed by atoms with E-state index in [1.54, 1.807) is 0 Å². The molecule has 2 heterocycles. The highest BCUT2D eigenvalue weighted by Gasteiger charge is 2.24. The summed E-state index contributed by atoms with van der Waals surface area (Å²) >= 11 is 0. The number of carbonyl (C=O) groups is 1. The Hall–Kier alpha value is -3.51. The number of rotatable bonds is 1. The zero-order valence-corrected chi connectivity index (χ0v) is 12.9. The fourth-order valence-electron chi connectivity index (χ4n) is 2.64. The number of benzene rings is 2. The highest BCUT2D eigenvalue weighted by atomic mass is 16.2. The van der Waals surface area contributed by atoms with Gasteiger partial charge in [0.25, 0.3) is 5.91 Å². The van der Waals surface area contributed by atoms with Crippen LogP contribution in [0.25, 0.3) is 11.8 Å². The molecular weight excluding hydrogens is 296 g/mol. The SMILES string of the molecule is O=C1Nc2ccc(C#Cc3ccccc3)cc2C1=Cn1cccc1. The third-order valence-electron chi connectivity index (χ3n) is 3.83. The van der Waals surface area contributed by atoms with E-state index >= 15 is 0 Å². The van der Waals surface area contributed by atoms with Crippen molar-refractivity contribution >= 4 is 23.4 Å². The van der Waals surface area contributed by atoms with Crippen molar-refractivity contribution in [3.8, 4) is 11.8 Å². The van der Waals surface area contributed by atoms with Crippen molar-refractivity contribution in [2.24, 2.45) is 0 Å². The Morgan fingerprint density at radius 3 is 2.42 bits per heavy atom. The predicted octanol–water partition coefficient (Wildman–Crippen LogP) is 3.84. The van der Waals surface area contributed by atoms with Gasteiger partial charge in [0.05, 0.1) is 5.57 Å². The van der Waals surface area contributed by atoms with Gasteiger partial charge in [-0.05, 0) is 42.5 Å². The van der Waals surface area contributed by atoms with Gasteiger partial charge in [0.2, 0.25) is 0 Å². The summed E-state index contributed by atoms with van der Waals surface area (Å²) in [6.07, 6.45) is 5.63. The predicted molar refractivity (Wildman–Crippen MR) is 96.1 cm³/mol. The quantitative estimate of drug-likeness (QED) is 0.538. The van der Waals surface area contributed by atoms with Gasteiger partial charge in [-0.2, -0.15) is 0 Å². The number of hydrogen-bond donors (Lipinski definition) is 1. The average molecular weight is 310 g/mol. The number of fused-ring (bicyclic) bond motifs is 1. The lowest BCUT2D eigenvalue weighted by atomic mass is 10.0. The van der Waals surface area contributed by atoms with Gasteiger partial charge in [-0.1, -0.05) is 30.0 Å². The molecule has 2 aromatic carbocycles. The molecule has 0 spiro atoms. The van der Waals surface area contributed by atoms with Crippen LogP contribution in [-0.2, 0) is 4.79 Å². The van der Waals surface area contributed by atoms with Crippen molar-refractivity contribution in [1.82, 2.24) is 4.57 Å². The van der Waals surface area contributed by atoms with Crippen LogP contribution in [0.15, 0.2) is 73.1 Å². The zero-order valence-electron chi connectivity index (χ0n) is 12.9. The second kappa shape index (κ2) is 5.94. The highest BCUT2D eigenvalue weighted by molar-refractivity contribution is 6.34. The van der Waals surface area contributed by atoms with Gasteiger partial charge in [0.1, 0.15) is 0 Å². The first kappa shape index (κ1) is 14.1. The second-order valence-corrected chi connectivity index (χ2v) is 5.50. The van der Waals surface area contributed by atoms with Crippen LogP contribution in [0.2, 0.25) is 0 Å². The van der Waals surface area contributed by atoms with Crippen LogP contribution in [0.1, 0.15) is 16.7 Å². The maximum atomic E-state index is 12.2. The van der Waals surface area contributed by atoms with E-state index in [1.165, 1.54) is 0 Å². The average Bonchev–Trinajstić information content (AvgIpc) is 3.23. The lowest BCUT2D eigenvalue weighted by Crippen LogP contribution is -2.04. The summed E-state index contributed by atoms with van der Waals surface area (Å²) in [7, 11) is 0. The third kappa shape index (κ3) is 2.73. The van der Waals surface area contributed by atoms with E-state index in [9.17, 15) is 4.79 Å². The summed E-state index contributed by atoms with van der Waals surface area (Å²) in [5, 5.41) is 2.89. The van der Waals surface area contributed by atoms with E-state index in [0.29, 0.717) is 5.57 Å². The Morgan fingerprint density at radius 1 is 0.875 bits per heavy atom. The first-order valence-corrected chi connectivity index (χ1v) is 7.67. The standard InChI is InChI=1S/C21H14N2O/c24-21-19(15-23-12-4-5-13-23)18-14-17(10-11-20(18)22-21)9-8-16-6-2-1-3-7-16/h1-7,10-15H,(H,22,24). The number of anilines is 1. The van der Waals surface area contributed by atoms with E-state index in [1.807, 2.05) is 83.8 Å². The maximum absolute atomic E-state index is 12.2. The molecule has 1 N–H and O–H groups in total. The van der Waals surface area contributed by atoms with E-state index in [0.717, 1.165) is 22.4 Å². The maximum Gasteiger partial charge on any atom is 0.257 e. The molecule has 4 rings (SSSR count). The first-order chi connectivity index (χ1) is 11.8. The minimum Gasteiger partial charge on any atom is -0.330 e. The van der Waals surface area contributed by atoms with Gasteiger partial charge in [-0.3, -0.25) is 4.79 Å². The minimum absolute atomic E-state index is 0.0909. The Bertz CT molecular complexity index is 987. The molecule has 0 saturated heterocycles. The highest BCUT2D eigenvalue weighted by Crippen LogP contribution is 2.32. The molecule has 3 nitrogen and oxygen atoms in total. The second-order valence-electron chi connectivity index (χ2n) is 5.50. The normalized spacial score (nSPS) is 14.0. The van der Waals surface area contributed by atoms with Gasteiger partial charge < -0.3 is 9.88 Å². The first-order valence-electron chi connectivity index (χ1n) is 7.67. The van der Waals surface area contributed by atoms with Crippen LogP contribution in [0.5, 0.6) is 0 Å². The molecule has 0 aliphatic carbocycles. The number of nitrogens with zero attached hydrogens (tertiary/aromatic N) is 1. The van der Waals surface area contributed by atoms with E-state index in [4.69, 9.17) is 0 Å². The van der Waals surface area contributed by atoms with E-state index in [-0.39, 0.29) is 5.91 Å². The van der Waals surface area contributed by atoms with Crippen LogP contribution in [0.4, 0.5) is 5.69 Å². The smallest absolute Gasteiger partial charge is 0.257 e. The summed E-state index contributed by atoms with van der Waals surface area (Å²) in [6, 6.07) is 19.5. The third-order valence-corrected chi connectivity index (χ3v) is 3.83. The fourth-order valence-corrected chi connectivity index (χ4v) is 2.64. The molecule has 0 bridgehead atoms. The van der Waals surface area contributed by atoms with Crippen LogP contribution < -0.4 is 5.32 Å². The van der Waals surface area contributed by atoms with Gasteiger partial charge in [-0.25, -0.2) is 0 Å². The van der Waals surface area contributed by atoms with Crippen molar-refractivity contribution in [2.45, 2.75) is 0 Å². The molecule has 0 saturated carbocycles. The molecule has 0 radical (unpaired) electrons. The number of hydrogen-bond acceptors (Lipinski definition) is 1. The van der Waals surface area contributed by atoms with E-state index < -0.39 is 0 Å². The molecule has 1 aliphatic rings. The number of aromatic nitrogens is 1. The van der Waals surface area contributed by atoms with Gasteiger partial charge in [0.15, 0.2) is 0 Å².